The van der Waals surface area contributed by atoms with Crippen LogP contribution in [0, 0.1) is 12.7 Å². The molecule has 0 heterocycles. The first-order valence-electron chi connectivity index (χ1n) is 6.18. The van der Waals surface area contributed by atoms with Crippen molar-refractivity contribution in [3.05, 3.63) is 35.1 Å². The fourth-order valence-electron chi connectivity index (χ4n) is 2.10. The summed E-state index contributed by atoms with van der Waals surface area (Å²) < 4.78 is 13.9. The van der Waals surface area contributed by atoms with Crippen molar-refractivity contribution in [3.8, 4) is 0 Å². The highest BCUT2D eigenvalue weighted by Crippen LogP contribution is 2.25. The molecule has 0 aliphatic rings. The van der Waals surface area contributed by atoms with Gasteiger partial charge in [0.25, 0.3) is 0 Å². The number of likely N-dealkylation sites (N-methyl/N-ethyl adjacent to an activating group) is 1. The Morgan fingerprint density at radius 2 is 2.11 bits per heavy atom. The monoisotopic (exact) mass is 270 g/mol. The Labute approximate surface area is 114 Å². The molecule has 0 spiro atoms. The summed E-state index contributed by atoms with van der Waals surface area (Å²) in [6, 6.07) is 5.52. The van der Waals surface area contributed by atoms with Gasteiger partial charge in [-0.1, -0.05) is 17.7 Å². The average Bonchev–Trinajstić information content (AvgIpc) is 2.34. The van der Waals surface area contributed by atoms with E-state index in [-0.39, 0.29) is 11.9 Å². The van der Waals surface area contributed by atoms with E-state index in [1.165, 1.54) is 6.07 Å². The normalized spacial score (nSPS) is 14.8. The van der Waals surface area contributed by atoms with E-state index in [1.54, 1.807) is 17.8 Å². The minimum atomic E-state index is -0.167. The zero-order valence-electron chi connectivity index (χ0n) is 11.6. The number of hydrogen-bond acceptors (Lipinski definition) is 3. The molecule has 2 nitrogen and oxygen atoms in total. The van der Waals surface area contributed by atoms with Crippen molar-refractivity contribution in [2.45, 2.75) is 25.9 Å². The van der Waals surface area contributed by atoms with E-state index >= 15 is 0 Å². The highest BCUT2D eigenvalue weighted by molar-refractivity contribution is 7.98. The molecule has 0 radical (unpaired) electrons. The number of nitrogens with two attached hydrogens (primary N) is 1. The van der Waals surface area contributed by atoms with Crippen molar-refractivity contribution < 1.29 is 4.39 Å². The Kier molecular flexibility index (Phi) is 6.12. The summed E-state index contributed by atoms with van der Waals surface area (Å²) in [5.74, 6) is 0.847. The number of rotatable bonds is 6. The Hall–Kier alpha value is -0.580. The molecular formula is C14H23FN2S. The molecule has 18 heavy (non-hydrogen) atoms. The molecule has 2 atom stereocenters. The molecule has 0 saturated carbocycles. The highest BCUT2D eigenvalue weighted by Gasteiger charge is 2.22. The summed E-state index contributed by atoms with van der Waals surface area (Å²) in [5, 5.41) is 0. The van der Waals surface area contributed by atoms with E-state index in [1.807, 2.05) is 20.0 Å². The molecule has 0 aromatic heterocycles. The van der Waals surface area contributed by atoms with Crippen LogP contribution in [-0.2, 0) is 0 Å². The van der Waals surface area contributed by atoms with Gasteiger partial charge in [0.1, 0.15) is 5.82 Å². The van der Waals surface area contributed by atoms with E-state index in [0.717, 1.165) is 11.3 Å². The maximum absolute atomic E-state index is 13.9. The highest BCUT2D eigenvalue weighted by atomic mass is 32.2. The van der Waals surface area contributed by atoms with E-state index in [9.17, 15) is 4.39 Å². The zero-order valence-corrected chi connectivity index (χ0v) is 12.4. The maximum Gasteiger partial charge on any atom is 0.128 e. The third-order valence-electron chi connectivity index (χ3n) is 3.33. The van der Waals surface area contributed by atoms with Gasteiger partial charge in [0.05, 0.1) is 0 Å². The summed E-state index contributed by atoms with van der Waals surface area (Å²) in [6.07, 6.45) is 2.08. The van der Waals surface area contributed by atoms with Gasteiger partial charge in [-0.25, -0.2) is 4.39 Å². The van der Waals surface area contributed by atoms with Gasteiger partial charge in [0.15, 0.2) is 0 Å². The van der Waals surface area contributed by atoms with E-state index in [4.69, 9.17) is 5.73 Å². The van der Waals surface area contributed by atoms with Crippen molar-refractivity contribution in [2.24, 2.45) is 5.73 Å². The van der Waals surface area contributed by atoms with Crippen molar-refractivity contribution in [2.75, 3.05) is 25.6 Å². The molecule has 1 aromatic rings. The standard InChI is InChI=1S/C14H23FN2S/c1-10-5-6-13(15)12(7-10)14(8-16)17(3)11(2)9-18-4/h5-7,11,14H,8-9,16H2,1-4H3. The van der Waals surface area contributed by atoms with Crippen molar-refractivity contribution in [1.82, 2.24) is 4.90 Å². The lowest BCUT2D eigenvalue weighted by atomic mass is 10.0. The van der Waals surface area contributed by atoms with Crippen LogP contribution >= 0.6 is 11.8 Å². The lowest BCUT2D eigenvalue weighted by molar-refractivity contribution is 0.200. The summed E-state index contributed by atoms with van der Waals surface area (Å²) in [4.78, 5) is 2.16. The largest absolute Gasteiger partial charge is 0.329 e. The number of halogens is 1. The molecule has 0 fully saturated rings. The average molecular weight is 270 g/mol. The fourth-order valence-corrected chi connectivity index (χ4v) is 2.81. The molecule has 0 bridgehead atoms. The Morgan fingerprint density at radius 1 is 1.44 bits per heavy atom. The van der Waals surface area contributed by atoms with Crippen LogP contribution in [0.1, 0.15) is 24.1 Å². The fraction of sp³-hybridized carbons (Fsp3) is 0.571. The smallest absolute Gasteiger partial charge is 0.128 e. The molecule has 2 N–H and O–H groups in total. The Balaban J connectivity index is 2.98. The first-order valence-corrected chi connectivity index (χ1v) is 7.57. The second-order valence-corrected chi connectivity index (χ2v) is 5.66. The first kappa shape index (κ1) is 15.5. The van der Waals surface area contributed by atoms with Gasteiger partial charge >= 0.3 is 0 Å². The Bertz CT molecular complexity index is 384. The molecule has 0 saturated heterocycles. The van der Waals surface area contributed by atoms with Gasteiger partial charge in [0.2, 0.25) is 0 Å². The van der Waals surface area contributed by atoms with Crippen molar-refractivity contribution in [3.63, 3.8) is 0 Å². The van der Waals surface area contributed by atoms with Gasteiger partial charge in [-0.2, -0.15) is 11.8 Å². The topological polar surface area (TPSA) is 29.3 Å². The molecule has 1 rings (SSSR count). The molecule has 0 aliphatic heterocycles. The summed E-state index contributed by atoms with van der Waals surface area (Å²) >= 11 is 1.79. The molecule has 2 unspecified atom stereocenters. The maximum atomic E-state index is 13.9. The van der Waals surface area contributed by atoms with Crippen LogP contribution in [0.2, 0.25) is 0 Å². The van der Waals surface area contributed by atoms with Crippen LogP contribution in [0.15, 0.2) is 18.2 Å². The molecule has 1 aromatic carbocycles. The molecular weight excluding hydrogens is 247 g/mol. The Morgan fingerprint density at radius 3 is 2.67 bits per heavy atom. The third-order valence-corrected chi connectivity index (χ3v) is 4.14. The number of thioether (sulfide) groups is 1. The lowest BCUT2D eigenvalue weighted by Gasteiger charge is -2.32. The van der Waals surface area contributed by atoms with Crippen LogP contribution < -0.4 is 5.73 Å². The van der Waals surface area contributed by atoms with Crippen LogP contribution in [0.25, 0.3) is 0 Å². The molecule has 4 heteroatoms. The predicted molar refractivity (Wildman–Crippen MR) is 78.5 cm³/mol. The van der Waals surface area contributed by atoms with Crippen LogP contribution in [0.5, 0.6) is 0 Å². The number of nitrogens with zero attached hydrogens (tertiary/aromatic N) is 1. The number of hydrogen-bond donors (Lipinski definition) is 1. The first-order chi connectivity index (χ1) is 8.51. The minimum absolute atomic E-state index is 0.0629. The molecule has 102 valence electrons. The van der Waals surface area contributed by atoms with Gasteiger partial charge in [-0.3, -0.25) is 4.90 Å². The zero-order chi connectivity index (χ0) is 13.7. The van der Waals surface area contributed by atoms with E-state index in [0.29, 0.717) is 18.2 Å². The van der Waals surface area contributed by atoms with Crippen molar-refractivity contribution >= 4 is 11.8 Å². The van der Waals surface area contributed by atoms with Gasteiger partial charge in [-0.05, 0) is 33.2 Å². The quantitative estimate of drug-likeness (QED) is 0.862. The lowest BCUT2D eigenvalue weighted by Crippen LogP contribution is -2.38. The number of benzene rings is 1. The van der Waals surface area contributed by atoms with Crippen molar-refractivity contribution in [1.29, 1.82) is 0 Å². The second kappa shape index (κ2) is 7.12. The van der Waals surface area contributed by atoms with Crippen LogP contribution in [0.3, 0.4) is 0 Å². The molecule has 0 aliphatic carbocycles. The summed E-state index contributed by atoms with van der Waals surface area (Å²) in [5.41, 5.74) is 7.61. The van der Waals surface area contributed by atoms with Gasteiger partial charge in [0, 0.05) is 29.9 Å². The van der Waals surface area contributed by atoms with Crippen LogP contribution in [-0.4, -0.2) is 36.5 Å². The van der Waals surface area contributed by atoms with Gasteiger partial charge in [-0.15, -0.1) is 0 Å². The summed E-state index contributed by atoms with van der Waals surface area (Å²) in [6.45, 7) is 4.55. The third kappa shape index (κ3) is 3.70. The minimum Gasteiger partial charge on any atom is -0.329 e. The second-order valence-electron chi connectivity index (χ2n) is 4.75. The van der Waals surface area contributed by atoms with Crippen LogP contribution in [0.4, 0.5) is 4.39 Å². The van der Waals surface area contributed by atoms with Gasteiger partial charge < -0.3 is 5.73 Å². The summed E-state index contributed by atoms with van der Waals surface area (Å²) in [7, 11) is 2.01. The molecule has 0 amide bonds. The van der Waals surface area contributed by atoms with E-state index < -0.39 is 0 Å². The number of aryl methyl sites for hydroxylation is 1. The van der Waals surface area contributed by atoms with E-state index in [2.05, 4.69) is 18.1 Å². The SMILES string of the molecule is CSCC(C)N(C)C(CN)c1cc(C)ccc1F. The predicted octanol–water partition coefficient (Wildman–Crippen LogP) is 2.82.